The molecule has 2 aromatic heterocycles. The van der Waals surface area contributed by atoms with E-state index in [2.05, 4.69) is 34.0 Å². The van der Waals surface area contributed by atoms with E-state index in [1.165, 1.54) is 25.0 Å². The summed E-state index contributed by atoms with van der Waals surface area (Å²) in [5, 5.41) is 4.33. The summed E-state index contributed by atoms with van der Waals surface area (Å²) in [5.41, 5.74) is 0. The van der Waals surface area contributed by atoms with E-state index in [0.29, 0.717) is 6.04 Å². The predicted octanol–water partition coefficient (Wildman–Crippen LogP) is 3.35. The van der Waals surface area contributed by atoms with Crippen LogP contribution in [0.5, 0.6) is 0 Å². The Morgan fingerprint density at radius 3 is 3.15 bits per heavy atom. The second kappa shape index (κ2) is 6.31. The van der Waals surface area contributed by atoms with Crippen molar-refractivity contribution in [3.05, 3.63) is 36.9 Å². The number of hydrogen-bond donors (Lipinski definition) is 1. The lowest BCUT2D eigenvalue weighted by Crippen LogP contribution is -2.26. The monoisotopic (exact) mass is 288 g/mol. The first-order chi connectivity index (χ1) is 9.86. The molecule has 1 aliphatic rings. The highest BCUT2D eigenvalue weighted by molar-refractivity contribution is 7.99. The van der Waals surface area contributed by atoms with E-state index in [1.807, 2.05) is 29.0 Å². The molecular formula is C15H20N4S. The molecule has 2 atom stereocenters. The first-order valence-corrected chi connectivity index (χ1v) is 8.25. The van der Waals surface area contributed by atoms with Crippen LogP contribution in [0.1, 0.15) is 26.2 Å². The molecule has 2 unspecified atom stereocenters. The SMILES string of the molecule is CCSC1CCCC1Nc1cccc(-n2ccnc2)n1. The molecule has 0 amide bonds. The minimum atomic E-state index is 0.547. The second-order valence-electron chi connectivity index (χ2n) is 5.03. The summed E-state index contributed by atoms with van der Waals surface area (Å²) < 4.78 is 1.93. The highest BCUT2D eigenvalue weighted by atomic mass is 32.2. The number of anilines is 1. The van der Waals surface area contributed by atoms with Gasteiger partial charge in [0, 0.05) is 23.7 Å². The third-order valence-corrected chi connectivity index (χ3v) is 5.00. The molecule has 0 bridgehead atoms. The van der Waals surface area contributed by atoms with Crippen molar-refractivity contribution in [2.75, 3.05) is 11.1 Å². The average molecular weight is 288 g/mol. The first kappa shape index (κ1) is 13.5. The molecule has 2 aromatic rings. The highest BCUT2D eigenvalue weighted by Gasteiger charge is 2.27. The number of thioether (sulfide) groups is 1. The quantitative estimate of drug-likeness (QED) is 0.916. The summed E-state index contributed by atoms with van der Waals surface area (Å²) in [6.45, 7) is 2.23. The van der Waals surface area contributed by atoms with E-state index in [9.17, 15) is 0 Å². The van der Waals surface area contributed by atoms with Crippen molar-refractivity contribution in [2.45, 2.75) is 37.5 Å². The fourth-order valence-electron chi connectivity index (χ4n) is 2.74. The number of hydrogen-bond acceptors (Lipinski definition) is 4. The third kappa shape index (κ3) is 2.98. The molecule has 0 saturated heterocycles. The molecule has 5 heteroatoms. The van der Waals surface area contributed by atoms with Crippen LogP contribution < -0.4 is 5.32 Å². The van der Waals surface area contributed by atoms with Crippen molar-refractivity contribution in [1.29, 1.82) is 0 Å². The largest absolute Gasteiger partial charge is 0.366 e. The van der Waals surface area contributed by atoms with Gasteiger partial charge in [-0.1, -0.05) is 19.4 Å². The Hall–Kier alpha value is -1.49. The first-order valence-electron chi connectivity index (χ1n) is 7.20. The minimum absolute atomic E-state index is 0.547. The van der Waals surface area contributed by atoms with Gasteiger partial charge in [0.1, 0.15) is 18.0 Å². The Morgan fingerprint density at radius 2 is 2.35 bits per heavy atom. The second-order valence-corrected chi connectivity index (χ2v) is 6.54. The lowest BCUT2D eigenvalue weighted by molar-refractivity contribution is 0.761. The molecule has 2 heterocycles. The Morgan fingerprint density at radius 1 is 1.40 bits per heavy atom. The molecule has 1 saturated carbocycles. The van der Waals surface area contributed by atoms with Gasteiger partial charge < -0.3 is 5.32 Å². The van der Waals surface area contributed by atoms with Crippen LogP contribution in [0, 0.1) is 0 Å². The van der Waals surface area contributed by atoms with Gasteiger partial charge in [0.2, 0.25) is 0 Å². The lowest BCUT2D eigenvalue weighted by Gasteiger charge is -2.21. The van der Waals surface area contributed by atoms with Gasteiger partial charge in [-0.15, -0.1) is 0 Å². The lowest BCUT2D eigenvalue weighted by atomic mass is 10.2. The van der Waals surface area contributed by atoms with Crippen LogP contribution in [0.15, 0.2) is 36.9 Å². The normalized spacial score (nSPS) is 22.1. The van der Waals surface area contributed by atoms with E-state index in [4.69, 9.17) is 0 Å². The van der Waals surface area contributed by atoms with Crippen LogP contribution >= 0.6 is 11.8 Å². The van der Waals surface area contributed by atoms with Gasteiger partial charge in [0.05, 0.1) is 0 Å². The fourth-order valence-corrected chi connectivity index (χ4v) is 3.93. The molecule has 0 radical (unpaired) electrons. The Kier molecular flexibility index (Phi) is 4.25. The van der Waals surface area contributed by atoms with Gasteiger partial charge in [-0.3, -0.25) is 4.57 Å². The molecule has 20 heavy (non-hydrogen) atoms. The number of aromatic nitrogens is 3. The highest BCUT2D eigenvalue weighted by Crippen LogP contribution is 2.31. The molecule has 106 valence electrons. The zero-order valence-electron chi connectivity index (χ0n) is 11.7. The van der Waals surface area contributed by atoms with Crippen molar-refractivity contribution in [3.8, 4) is 5.82 Å². The molecule has 0 aromatic carbocycles. The van der Waals surface area contributed by atoms with E-state index in [1.54, 1.807) is 12.5 Å². The number of pyridine rings is 1. The Bertz CT molecular complexity index is 541. The smallest absolute Gasteiger partial charge is 0.140 e. The van der Waals surface area contributed by atoms with Crippen molar-refractivity contribution >= 4 is 17.6 Å². The molecule has 1 aliphatic carbocycles. The van der Waals surface area contributed by atoms with Crippen molar-refractivity contribution in [1.82, 2.24) is 14.5 Å². The summed E-state index contributed by atoms with van der Waals surface area (Å²) in [6.07, 6.45) is 9.34. The number of imidazole rings is 1. The third-order valence-electron chi connectivity index (χ3n) is 3.67. The zero-order valence-corrected chi connectivity index (χ0v) is 12.5. The number of nitrogens with zero attached hydrogens (tertiary/aromatic N) is 3. The molecule has 1 fully saturated rings. The van der Waals surface area contributed by atoms with Gasteiger partial charge >= 0.3 is 0 Å². The van der Waals surface area contributed by atoms with Crippen LogP contribution in [-0.4, -0.2) is 31.6 Å². The Labute approximate surface area is 124 Å². The van der Waals surface area contributed by atoms with Crippen LogP contribution in [-0.2, 0) is 0 Å². The predicted molar refractivity (Wildman–Crippen MR) is 84.5 cm³/mol. The summed E-state index contributed by atoms with van der Waals surface area (Å²) in [6, 6.07) is 6.64. The average Bonchev–Trinajstić information content (AvgIpc) is 3.12. The van der Waals surface area contributed by atoms with Crippen LogP contribution in [0.2, 0.25) is 0 Å². The van der Waals surface area contributed by atoms with Gasteiger partial charge in [-0.05, 0) is 30.7 Å². The maximum Gasteiger partial charge on any atom is 0.140 e. The molecule has 0 spiro atoms. The van der Waals surface area contributed by atoms with Gasteiger partial charge in [-0.2, -0.15) is 11.8 Å². The fraction of sp³-hybridized carbons (Fsp3) is 0.467. The topological polar surface area (TPSA) is 42.7 Å². The standard InChI is InChI=1S/C15H20N4S/c1-2-20-13-6-3-5-12(13)17-14-7-4-8-15(18-14)19-10-9-16-11-19/h4,7-13H,2-3,5-6H2,1H3,(H,17,18). The van der Waals surface area contributed by atoms with Gasteiger partial charge in [0.25, 0.3) is 0 Å². The van der Waals surface area contributed by atoms with E-state index >= 15 is 0 Å². The van der Waals surface area contributed by atoms with Crippen LogP contribution in [0.3, 0.4) is 0 Å². The van der Waals surface area contributed by atoms with E-state index in [0.717, 1.165) is 16.9 Å². The van der Waals surface area contributed by atoms with E-state index < -0.39 is 0 Å². The maximum atomic E-state index is 4.68. The summed E-state index contributed by atoms with van der Waals surface area (Å²) >= 11 is 2.06. The summed E-state index contributed by atoms with van der Waals surface area (Å²) in [4.78, 5) is 8.74. The summed E-state index contributed by atoms with van der Waals surface area (Å²) in [7, 11) is 0. The van der Waals surface area contributed by atoms with Crippen molar-refractivity contribution < 1.29 is 0 Å². The summed E-state index contributed by atoms with van der Waals surface area (Å²) in [5.74, 6) is 3.06. The molecule has 0 aliphatic heterocycles. The maximum absolute atomic E-state index is 4.68. The van der Waals surface area contributed by atoms with Gasteiger partial charge in [0.15, 0.2) is 0 Å². The van der Waals surface area contributed by atoms with Crippen LogP contribution in [0.25, 0.3) is 5.82 Å². The number of rotatable bonds is 5. The van der Waals surface area contributed by atoms with Crippen molar-refractivity contribution in [2.24, 2.45) is 0 Å². The molecule has 4 nitrogen and oxygen atoms in total. The molecule has 3 rings (SSSR count). The van der Waals surface area contributed by atoms with Gasteiger partial charge in [-0.25, -0.2) is 9.97 Å². The Balaban J connectivity index is 1.73. The zero-order chi connectivity index (χ0) is 13.8. The number of nitrogens with one attached hydrogen (secondary N) is 1. The molecule has 1 N–H and O–H groups in total. The van der Waals surface area contributed by atoms with Crippen LogP contribution in [0.4, 0.5) is 5.82 Å². The molecular weight excluding hydrogens is 268 g/mol. The van der Waals surface area contributed by atoms with E-state index in [-0.39, 0.29) is 0 Å². The minimum Gasteiger partial charge on any atom is -0.366 e. The van der Waals surface area contributed by atoms with Crippen molar-refractivity contribution in [3.63, 3.8) is 0 Å².